The number of methoxy groups -OCH3 is 1. The summed E-state index contributed by atoms with van der Waals surface area (Å²) in [6.45, 7) is 0. The Morgan fingerprint density at radius 1 is 0.971 bits per heavy atom. The number of hydrogen-bond donors (Lipinski definition) is 2. The van der Waals surface area contributed by atoms with Crippen LogP contribution in [0.25, 0.3) is 11.3 Å². The van der Waals surface area contributed by atoms with E-state index >= 15 is 0 Å². The molecular weight excluding hydrogens is 468 g/mol. The monoisotopic (exact) mass is 492 g/mol. The number of amides is 2. The average Bonchev–Trinajstić information content (AvgIpc) is 3.34. The van der Waals surface area contributed by atoms with E-state index in [0.29, 0.717) is 39.5 Å². The first-order valence-electron chi connectivity index (χ1n) is 10.5. The van der Waals surface area contributed by atoms with Crippen LogP contribution in [0.15, 0.2) is 76.5 Å². The molecule has 4 rings (SSSR count). The third-order valence-electron chi connectivity index (χ3n) is 4.89. The smallest absolute Gasteiger partial charge is 0.278 e. The maximum atomic E-state index is 13.0. The van der Waals surface area contributed by atoms with E-state index in [4.69, 9.17) is 13.9 Å². The summed E-state index contributed by atoms with van der Waals surface area (Å²) in [4.78, 5) is 33.1. The fourth-order valence-corrected chi connectivity index (χ4v) is 3.49. The van der Waals surface area contributed by atoms with Crippen LogP contribution in [-0.4, -0.2) is 42.2 Å². The molecule has 4 aromatic rings. The van der Waals surface area contributed by atoms with Crippen LogP contribution in [0.3, 0.4) is 0 Å². The molecule has 0 aliphatic heterocycles. The predicted octanol–water partition coefficient (Wildman–Crippen LogP) is 5.12. The molecule has 2 aromatic heterocycles. The number of rotatable bonds is 8. The Bertz CT molecular complexity index is 1340. The average molecular weight is 493 g/mol. The molecule has 180 valence electrons. The summed E-state index contributed by atoms with van der Waals surface area (Å²) in [6, 6.07) is 17.2. The number of oxazole rings is 1. The fraction of sp³-hybridized carbons (Fsp3) is 0.120. The molecule has 0 fully saturated rings. The summed E-state index contributed by atoms with van der Waals surface area (Å²) in [5, 5.41) is 5.74. The third kappa shape index (κ3) is 5.61. The van der Waals surface area contributed by atoms with E-state index in [2.05, 4.69) is 20.6 Å². The highest BCUT2D eigenvalue weighted by molar-refractivity contribution is 7.98. The van der Waals surface area contributed by atoms with Crippen molar-refractivity contribution in [2.75, 3.05) is 25.7 Å². The molecule has 2 N–H and O–H groups in total. The number of pyridine rings is 1. The topological polar surface area (TPSA) is 116 Å². The van der Waals surface area contributed by atoms with Crippen molar-refractivity contribution in [3.8, 4) is 28.6 Å². The molecule has 0 aliphatic carbocycles. The molecule has 0 saturated carbocycles. The molecule has 0 saturated heterocycles. The molecular formula is C25H24N4O5S. The third-order valence-corrected chi connectivity index (χ3v) is 5.41. The second kappa shape index (κ2) is 10.7. The van der Waals surface area contributed by atoms with Crippen molar-refractivity contribution in [2.45, 2.75) is 5.22 Å². The number of carbonyl (C=O) groups is 2. The van der Waals surface area contributed by atoms with Crippen molar-refractivity contribution < 1.29 is 24.9 Å². The zero-order valence-corrected chi connectivity index (χ0v) is 20.0. The number of anilines is 1. The lowest BCUT2D eigenvalue weighted by Crippen LogP contribution is -2.18. The van der Waals surface area contributed by atoms with Crippen molar-refractivity contribution in [3.63, 3.8) is 0 Å². The summed E-state index contributed by atoms with van der Waals surface area (Å²) in [7, 11) is 3.12. The van der Waals surface area contributed by atoms with E-state index in [1.165, 1.54) is 25.0 Å². The van der Waals surface area contributed by atoms with Crippen LogP contribution in [0, 0.1) is 0 Å². The van der Waals surface area contributed by atoms with Crippen molar-refractivity contribution >= 4 is 29.3 Å². The first-order valence-corrected chi connectivity index (χ1v) is 11.7. The summed E-state index contributed by atoms with van der Waals surface area (Å²) in [5.74, 6) is 1.36. The minimum absolute atomic E-state index is 0. The van der Waals surface area contributed by atoms with Crippen molar-refractivity contribution in [1.29, 1.82) is 0 Å². The minimum Gasteiger partial charge on any atom is -0.497 e. The zero-order chi connectivity index (χ0) is 24.8. The lowest BCUT2D eigenvalue weighted by Gasteiger charge is -2.09. The minimum atomic E-state index is -0.405. The van der Waals surface area contributed by atoms with E-state index in [-0.39, 0.29) is 18.7 Å². The Labute approximate surface area is 207 Å². The van der Waals surface area contributed by atoms with Gasteiger partial charge in [0.25, 0.3) is 17.0 Å². The van der Waals surface area contributed by atoms with Gasteiger partial charge < -0.3 is 24.5 Å². The molecule has 0 bridgehead atoms. The van der Waals surface area contributed by atoms with Gasteiger partial charge in [0.2, 0.25) is 0 Å². The summed E-state index contributed by atoms with van der Waals surface area (Å²) >= 11 is 1.31. The molecule has 0 spiro atoms. The largest absolute Gasteiger partial charge is 0.497 e. The van der Waals surface area contributed by atoms with Crippen molar-refractivity contribution in [3.05, 3.63) is 78.2 Å². The maximum Gasteiger partial charge on any atom is 0.278 e. The maximum absolute atomic E-state index is 13.0. The molecule has 0 aliphatic rings. The van der Waals surface area contributed by atoms with Gasteiger partial charge in [-0.15, -0.1) is 0 Å². The molecule has 0 atom stereocenters. The lowest BCUT2D eigenvalue weighted by atomic mass is 10.1. The standard InChI is InChI=1S/C25H22N4O5S.H2/c1-26-23(30)20-14-19(12-13-27-20)33-18-10-6-16(7-11-18)28-24(31)21-22(34-25(29-21)35-3)15-4-8-17(32-2)9-5-15;/h4-14H,1-3H3,(H,26,30)(H,28,31);1H. The number of aromatic nitrogens is 2. The van der Waals surface area contributed by atoms with Gasteiger partial charge in [-0.05, 0) is 60.9 Å². The number of carbonyl (C=O) groups excluding carboxylic acids is 2. The van der Waals surface area contributed by atoms with Crippen LogP contribution in [0.4, 0.5) is 5.69 Å². The van der Waals surface area contributed by atoms with Crippen LogP contribution in [0.1, 0.15) is 22.4 Å². The highest BCUT2D eigenvalue weighted by Gasteiger charge is 2.21. The Morgan fingerprint density at radius 2 is 1.69 bits per heavy atom. The number of thioether (sulfide) groups is 1. The quantitative estimate of drug-likeness (QED) is 0.326. The van der Waals surface area contributed by atoms with Crippen LogP contribution < -0.4 is 20.1 Å². The molecule has 2 aromatic carbocycles. The Morgan fingerprint density at radius 3 is 2.34 bits per heavy atom. The number of benzene rings is 2. The van der Waals surface area contributed by atoms with Gasteiger partial charge in [-0.25, -0.2) is 0 Å². The Balaban J connectivity index is 0.00000361. The van der Waals surface area contributed by atoms with Gasteiger partial charge in [0.1, 0.15) is 22.9 Å². The summed E-state index contributed by atoms with van der Waals surface area (Å²) in [5.41, 5.74) is 1.69. The highest BCUT2D eigenvalue weighted by atomic mass is 32.2. The van der Waals surface area contributed by atoms with Gasteiger partial charge in [0.15, 0.2) is 11.5 Å². The van der Waals surface area contributed by atoms with Gasteiger partial charge in [-0.3, -0.25) is 14.6 Å². The van der Waals surface area contributed by atoms with Crippen LogP contribution in [0.5, 0.6) is 17.2 Å². The molecule has 35 heavy (non-hydrogen) atoms. The number of ether oxygens (including phenoxy) is 2. The van der Waals surface area contributed by atoms with Gasteiger partial charge in [-0.1, -0.05) is 11.8 Å². The normalized spacial score (nSPS) is 10.5. The van der Waals surface area contributed by atoms with Gasteiger partial charge in [-0.2, -0.15) is 4.98 Å². The van der Waals surface area contributed by atoms with Crippen molar-refractivity contribution in [1.82, 2.24) is 15.3 Å². The Hall–Kier alpha value is -4.31. The van der Waals surface area contributed by atoms with Gasteiger partial charge >= 0.3 is 0 Å². The SMILES string of the molecule is CNC(=O)c1cc(Oc2ccc(NC(=O)c3nc(SC)oc3-c3ccc(OC)cc3)cc2)ccn1.[HH]. The summed E-state index contributed by atoms with van der Waals surface area (Å²) < 4.78 is 16.8. The molecule has 9 nitrogen and oxygen atoms in total. The van der Waals surface area contributed by atoms with Crippen LogP contribution in [-0.2, 0) is 0 Å². The second-order valence-electron chi connectivity index (χ2n) is 7.13. The van der Waals surface area contributed by atoms with E-state index in [1.54, 1.807) is 67.8 Å². The van der Waals surface area contributed by atoms with Gasteiger partial charge in [0.05, 0.1) is 7.11 Å². The van der Waals surface area contributed by atoms with Crippen LogP contribution >= 0.6 is 11.8 Å². The fourth-order valence-electron chi connectivity index (χ4n) is 3.14. The van der Waals surface area contributed by atoms with E-state index in [0.717, 1.165) is 0 Å². The van der Waals surface area contributed by atoms with E-state index < -0.39 is 5.91 Å². The van der Waals surface area contributed by atoms with E-state index in [1.807, 2.05) is 6.26 Å². The molecule has 2 amide bonds. The molecule has 2 heterocycles. The Kier molecular flexibility index (Phi) is 7.32. The number of nitrogens with one attached hydrogen (secondary N) is 2. The first kappa shape index (κ1) is 23.8. The summed E-state index contributed by atoms with van der Waals surface area (Å²) in [6.07, 6.45) is 3.32. The molecule has 0 unspecified atom stereocenters. The van der Waals surface area contributed by atoms with Crippen LogP contribution in [0.2, 0.25) is 0 Å². The highest BCUT2D eigenvalue weighted by Crippen LogP contribution is 2.31. The lowest BCUT2D eigenvalue weighted by molar-refractivity contribution is 0.0957. The van der Waals surface area contributed by atoms with Crippen molar-refractivity contribution in [2.24, 2.45) is 0 Å². The predicted molar refractivity (Wildman–Crippen MR) is 134 cm³/mol. The zero-order valence-electron chi connectivity index (χ0n) is 19.2. The number of hydrogen-bond acceptors (Lipinski definition) is 8. The van der Waals surface area contributed by atoms with E-state index in [9.17, 15) is 9.59 Å². The van der Waals surface area contributed by atoms with Gasteiger partial charge in [0, 0.05) is 32.0 Å². The second-order valence-corrected chi connectivity index (χ2v) is 7.88. The molecule has 10 heteroatoms. The number of nitrogens with zero attached hydrogens (tertiary/aromatic N) is 2. The first-order chi connectivity index (χ1) is 17.0. The molecule has 0 radical (unpaired) electrons.